The summed E-state index contributed by atoms with van der Waals surface area (Å²) in [5.41, 5.74) is 1.87. The molecule has 5 heteroatoms. The van der Waals surface area contributed by atoms with Crippen molar-refractivity contribution in [2.45, 2.75) is 32.7 Å². The van der Waals surface area contributed by atoms with Crippen LogP contribution in [0, 0.1) is 19.7 Å². The van der Waals surface area contributed by atoms with Crippen molar-refractivity contribution in [2.24, 2.45) is 0 Å². The predicted octanol–water partition coefficient (Wildman–Crippen LogP) is 3.41. The average Bonchev–Trinajstić information content (AvgIpc) is 3.05. The van der Waals surface area contributed by atoms with Gasteiger partial charge in [0.1, 0.15) is 11.6 Å². The normalized spacial score (nSPS) is 18.2. The third-order valence-corrected chi connectivity index (χ3v) is 4.04. The summed E-state index contributed by atoms with van der Waals surface area (Å²) in [4.78, 5) is 14.4. The lowest BCUT2D eigenvalue weighted by Gasteiger charge is -2.25. The van der Waals surface area contributed by atoms with E-state index >= 15 is 0 Å². The minimum atomic E-state index is -0.480. The van der Waals surface area contributed by atoms with Gasteiger partial charge in [0.05, 0.1) is 17.3 Å². The molecule has 1 aromatic carbocycles. The Bertz CT molecular complexity index is 661. The van der Waals surface area contributed by atoms with E-state index in [-0.39, 0.29) is 17.5 Å². The zero-order chi connectivity index (χ0) is 15.0. The van der Waals surface area contributed by atoms with Crippen LogP contribution < -0.4 is 0 Å². The standard InChI is InChI=1S/C16H17FN2O2/c1-10-15(11(2)21-18-10)14-8-5-9-19(14)16(20)12-6-3-4-7-13(12)17/h3-4,6-7,14H,5,8-9H2,1-2H3/t14-/m0/s1. The first kappa shape index (κ1) is 13.8. The van der Waals surface area contributed by atoms with E-state index in [0.29, 0.717) is 6.54 Å². The number of hydrogen-bond donors (Lipinski definition) is 0. The van der Waals surface area contributed by atoms with Crippen molar-refractivity contribution >= 4 is 5.91 Å². The predicted molar refractivity (Wildman–Crippen MR) is 75.4 cm³/mol. The first-order chi connectivity index (χ1) is 10.1. The maximum atomic E-state index is 13.8. The van der Waals surface area contributed by atoms with Crippen LogP contribution in [0.3, 0.4) is 0 Å². The molecular formula is C16H17FN2O2. The van der Waals surface area contributed by atoms with Crippen LogP contribution >= 0.6 is 0 Å². The second-order valence-corrected chi connectivity index (χ2v) is 5.37. The molecule has 2 aromatic rings. The molecule has 1 atom stereocenters. The molecule has 1 aliphatic rings. The first-order valence-corrected chi connectivity index (χ1v) is 7.08. The second-order valence-electron chi connectivity index (χ2n) is 5.37. The van der Waals surface area contributed by atoms with Gasteiger partial charge in [0.15, 0.2) is 0 Å². The van der Waals surface area contributed by atoms with Crippen LogP contribution in [-0.2, 0) is 0 Å². The number of carbonyl (C=O) groups is 1. The molecule has 110 valence electrons. The molecule has 0 radical (unpaired) electrons. The van der Waals surface area contributed by atoms with E-state index in [2.05, 4.69) is 5.16 Å². The van der Waals surface area contributed by atoms with Gasteiger partial charge < -0.3 is 9.42 Å². The molecule has 1 amide bonds. The van der Waals surface area contributed by atoms with Crippen LogP contribution in [0.25, 0.3) is 0 Å². The molecule has 3 rings (SSSR count). The van der Waals surface area contributed by atoms with Crippen molar-refractivity contribution in [2.75, 3.05) is 6.54 Å². The molecule has 21 heavy (non-hydrogen) atoms. The van der Waals surface area contributed by atoms with Gasteiger partial charge in [-0.15, -0.1) is 0 Å². The number of rotatable bonds is 2. The van der Waals surface area contributed by atoms with E-state index in [1.54, 1.807) is 17.0 Å². The molecule has 4 nitrogen and oxygen atoms in total. The Labute approximate surface area is 122 Å². The average molecular weight is 288 g/mol. The van der Waals surface area contributed by atoms with Crippen LogP contribution in [0.5, 0.6) is 0 Å². The van der Waals surface area contributed by atoms with Crippen molar-refractivity contribution in [3.8, 4) is 0 Å². The molecule has 0 N–H and O–H groups in total. The van der Waals surface area contributed by atoms with Gasteiger partial charge in [-0.2, -0.15) is 0 Å². The van der Waals surface area contributed by atoms with E-state index in [4.69, 9.17) is 4.52 Å². The molecule has 0 aliphatic carbocycles. The Morgan fingerprint density at radius 2 is 2.14 bits per heavy atom. The Morgan fingerprint density at radius 3 is 2.81 bits per heavy atom. The van der Waals surface area contributed by atoms with Crippen molar-refractivity contribution in [3.05, 3.63) is 52.7 Å². The Morgan fingerprint density at radius 1 is 1.38 bits per heavy atom. The topological polar surface area (TPSA) is 46.3 Å². The number of aromatic nitrogens is 1. The summed E-state index contributed by atoms with van der Waals surface area (Å²) in [6.07, 6.45) is 1.75. The fourth-order valence-corrected chi connectivity index (χ4v) is 3.07. The summed E-state index contributed by atoms with van der Waals surface area (Å²) in [6, 6.07) is 6.02. The Balaban J connectivity index is 1.95. The molecule has 0 saturated carbocycles. The maximum absolute atomic E-state index is 13.8. The smallest absolute Gasteiger partial charge is 0.257 e. The van der Waals surface area contributed by atoms with Gasteiger partial charge in [0, 0.05) is 12.1 Å². The fourth-order valence-electron chi connectivity index (χ4n) is 3.07. The van der Waals surface area contributed by atoms with Gasteiger partial charge in [-0.3, -0.25) is 4.79 Å². The van der Waals surface area contributed by atoms with Gasteiger partial charge in [0.2, 0.25) is 0 Å². The third-order valence-electron chi connectivity index (χ3n) is 4.04. The SMILES string of the molecule is Cc1noc(C)c1[C@@H]1CCCN1C(=O)c1ccccc1F. The van der Waals surface area contributed by atoms with Crippen molar-refractivity contribution in [1.82, 2.24) is 10.1 Å². The largest absolute Gasteiger partial charge is 0.361 e. The molecule has 2 heterocycles. The zero-order valence-corrected chi connectivity index (χ0v) is 12.1. The van der Waals surface area contributed by atoms with Gasteiger partial charge in [-0.1, -0.05) is 17.3 Å². The summed E-state index contributed by atoms with van der Waals surface area (Å²) >= 11 is 0. The lowest BCUT2D eigenvalue weighted by atomic mass is 10.0. The summed E-state index contributed by atoms with van der Waals surface area (Å²) in [5, 5.41) is 3.96. The first-order valence-electron chi connectivity index (χ1n) is 7.08. The number of likely N-dealkylation sites (tertiary alicyclic amines) is 1. The molecule has 1 fully saturated rings. The number of aryl methyl sites for hydroxylation is 2. The van der Waals surface area contributed by atoms with E-state index < -0.39 is 5.82 Å². The molecule has 0 bridgehead atoms. The summed E-state index contributed by atoms with van der Waals surface area (Å²) in [7, 11) is 0. The van der Waals surface area contributed by atoms with Crippen LogP contribution in [0.15, 0.2) is 28.8 Å². The van der Waals surface area contributed by atoms with Gasteiger partial charge in [0.25, 0.3) is 5.91 Å². The highest BCUT2D eigenvalue weighted by atomic mass is 19.1. The monoisotopic (exact) mass is 288 g/mol. The number of benzene rings is 1. The molecule has 1 aromatic heterocycles. The lowest BCUT2D eigenvalue weighted by molar-refractivity contribution is 0.0730. The van der Waals surface area contributed by atoms with Crippen LogP contribution in [0.1, 0.15) is 46.3 Å². The highest BCUT2D eigenvalue weighted by Crippen LogP contribution is 2.36. The van der Waals surface area contributed by atoms with E-state index in [0.717, 1.165) is 29.9 Å². The molecular weight excluding hydrogens is 271 g/mol. The lowest BCUT2D eigenvalue weighted by Crippen LogP contribution is -2.31. The van der Waals surface area contributed by atoms with Gasteiger partial charge in [-0.05, 0) is 38.8 Å². The zero-order valence-electron chi connectivity index (χ0n) is 12.1. The Kier molecular flexibility index (Phi) is 3.49. The fraction of sp³-hybridized carbons (Fsp3) is 0.375. The van der Waals surface area contributed by atoms with Crippen molar-refractivity contribution < 1.29 is 13.7 Å². The van der Waals surface area contributed by atoms with Gasteiger partial charge in [-0.25, -0.2) is 4.39 Å². The minimum Gasteiger partial charge on any atom is -0.361 e. The second kappa shape index (κ2) is 5.31. The molecule has 1 aliphatic heterocycles. The van der Waals surface area contributed by atoms with Crippen molar-refractivity contribution in [1.29, 1.82) is 0 Å². The van der Waals surface area contributed by atoms with E-state index in [9.17, 15) is 9.18 Å². The summed E-state index contributed by atoms with van der Waals surface area (Å²) < 4.78 is 19.0. The summed E-state index contributed by atoms with van der Waals surface area (Å²) in [5.74, 6) is -0.0201. The van der Waals surface area contributed by atoms with Gasteiger partial charge >= 0.3 is 0 Å². The molecule has 0 spiro atoms. The minimum absolute atomic E-state index is 0.0802. The van der Waals surface area contributed by atoms with Crippen molar-refractivity contribution in [3.63, 3.8) is 0 Å². The summed E-state index contributed by atoms with van der Waals surface area (Å²) in [6.45, 7) is 4.34. The van der Waals surface area contributed by atoms with Crippen LogP contribution in [0.2, 0.25) is 0 Å². The molecule has 1 saturated heterocycles. The molecule has 0 unspecified atom stereocenters. The number of nitrogens with zero attached hydrogens (tertiary/aromatic N) is 2. The number of amides is 1. The van der Waals surface area contributed by atoms with Crippen LogP contribution in [-0.4, -0.2) is 22.5 Å². The van der Waals surface area contributed by atoms with Crippen LogP contribution in [0.4, 0.5) is 4.39 Å². The maximum Gasteiger partial charge on any atom is 0.257 e. The number of hydrogen-bond acceptors (Lipinski definition) is 3. The Hall–Kier alpha value is -2.17. The quantitative estimate of drug-likeness (QED) is 0.850. The highest BCUT2D eigenvalue weighted by Gasteiger charge is 2.34. The highest BCUT2D eigenvalue weighted by molar-refractivity contribution is 5.95. The number of halogens is 1. The number of carbonyl (C=O) groups excluding carboxylic acids is 1. The van der Waals surface area contributed by atoms with E-state index in [1.165, 1.54) is 12.1 Å². The third kappa shape index (κ3) is 2.33. The van der Waals surface area contributed by atoms with E-state index in [1.807, 2.05) is 13.8 Å².